The molecule has 1 saturated carbocycles. The van der Waals surface area contributed by atoms with Crippen LogP contribution in [-0.2, 0) is 4.79 Å². The number of carbonyl (C=O) groups is 1. The second-order valence-corrected chi connectivity index (χ2v) is 4.32. The molecule has 1 heterocycles. The number of carbonyl (C=O) groups excluding carboxylic acids is 1. The van der Waals surface area contributed by atoms with Gasteiger partial charge in [0.2, 0.25) is 5.91 Å². The van der Waals surface area contributed by atoms with Crippen LogP contribution in [0.3, 0.4) is 0 Å². The van der Waals surface area contributed by atoms with Crippen molar-refractivity contribution in [1.29, 1.82) is 0 Å². The summed E-state index contributed by atoms with van der Waals surface area (Å²) >= 11 is 1.61. The van der Waals surface area contributed by atoms with Crippen molar-refractivity contribution in [3.63, 3.8) is 0 Å². The summed E-state index contributed by atoms with van der Waals surface area (Å²) in [5, 5.41) is 6.71. The molecule has 1 aliphatic carbocycles. The standard InChI is InChI=1S/C8H13N3OS/c12-7(5-10-6-1-2-6)11-8-9-3-4-13-8/h6,10H,1-5H2,(H,9,11,12). The minimum absolute atomic E-state index is 0.0278. The van der Waals surface area contributed by atoms with Crippen LogP contribution in [0.1, 0.15) is 12.8 Å². The van der Waals surface area contributed by atoms with Crippen molar-refractivity contribution < 1.29 is 4.79 Å². The average Bonchev–Trinajstić information content (AvgIpc) is 2.82. The van der Waals surface area contributed by atoms with Crippen molar-refractivity contribution in [1.82, 2.24) is 10.6 Å². The summed E-state index contributed by atoms with van der Waals surface area (Å²) in [6.07, 6.45) is 2.42. The van der Waals surface area contributed by atoms with E-state index in [1.807, 2.05) is 0 Å². The normalized spacial score (nSPS) is 21.4. The highest BCUT2D eigenvalue weighted by molar-refractivity contribution is 8.14. The van der Waals surface area contributed by atoms with Gasteiger partial charge in [-0.25, -0.2) is 0 Å². The molecule has 0 spiro atoms. The van der Waals surface area contributed by atoms with E-state index in [-0.39, 0.29) is 5.91 Å². The van der Waals surface area contributed by atoms with Crippen molar-refractivity contribution in [3.8, 4) is 0 Å². The first-order valence-corrected chi connectivity index (χ1v) is 5.53. The summed E-state index contributed by atoms with van der Waals surface area (Å²) in [4.78, 5) is 15.4. The van der Waals surface area contributed by atoms with Gasteiger partial charge in [0.05, 0.1) is 13.1 Å². The fraction of sp³-hybridized carbons (Fsp3) is 0.750. The topological polar surface area (TPSA) is 53.5 Å². The van der Waals surface area contributed by atoms with Gasteiger partial charge in [-0.15, -0.1) is 0 Å². The molecule has 13 heavy (non-hydrogen) atoms. The zero-order chi connectivity index (χ0) is 9.10. The van der Waals surface area contributed by atoms with Gasteiger partial charge in [-0.3, -0.25) is 9.79 Å². The first-order chi connectivity index (χ1) is 6.34. The monoisotopic (exact) mass is 199 g/mol. The summed E-state index contributed by atoms with van der Waals surface area (Å²) < 4.78 is 0. The minimum atomic E-state index is 0.0278. The van der Waals surface area contributed by atoms with Crippen LogP contribution in [0.25, 0.3) is 0 Å². The van der Waals surface area contributed by atoms with E-state index in [4.69, 9.17) is 0 Å². The fourth-order valence-corrected chi connectivity index (χ4v) is 1.84. The molecule has 4 nitrogen and oxygen atoms in total. The molecule has 1 amide bonds. The van der Waals surface area contributed by atoms with Crippen molar-refractivity contribution >= 4 is 22.8 Å². The van der Waals surface area contributed by atoms with Crippen molar-refractivity contribution in [2.45, 2.75) is 18.9 Å². The van der Waals surface area contributed by atoms with Crippen molar-refractivity contribution in [2.24, 2.45) is 4.99 Å². The lowest BCUT2D eigenvalue weighted by molar-refractivity contribution is -0.118. The second kappa shape index (κ2) is 4.11. The number of hydrogen-bond donors (Lipinski definition) is 2. The maximum atomic E-state index is 11.3. The number of nitrogens with one attached hydrogen (secondary N) is 2. The summed E-state index contributed by atoms with van der Waals surface area (Å²) in [6.45, 7) is 1.25. The molecule has 0 atom stereocenters. The average molecular weight is 199 g/mol. The molecule has 5 heteroatoms. The highest BCUT2D eigenvalue weighted by atomic mass is 32.2. The molecule has 0 aromatic heterocycles. The zero-order valence-corrected chi connectivity index (χ0v) is 8.19. The van der Waals surface area contributed by atoms with Gasteiger partial charge in [-0.05, 0) is 12.8 Å². The maximum absolute atomic E-state index is 11.3. The number of hydrogen-bond acceptors (Lipinski definition) is 4. The van der Waals surface area contributed by atoms with Crippen LogP contribution in [0.4, 0.5) is 0 Å². The molecule has 1 aliphatic heterocycles. The largest absolute Gasteiger partial charge is 0.306 e. The molecular formula is C8H13N3OS. The van der Waals surface area contributed by atoms with E-state index in [0.717, 1.165) is 17.5 Å². The number of amidine groups is 1. The van der Waals surface area contributed by atoms with Crippen molar-refractivity contribution in [3.05, 3.63) is 0 Å². The Morgan fingerprint density at radius 2 is 2.46 bits per heavy atom. The molecule has 0 radical (unpaired) electrons. The van der Waals surface area contributed by atoms with Crippen LogP contribution in [0.5, 0.6) is 0 Å². The van der Waals surface area contributed by atoms with Gasteiger partial charge < -0.3 is 10.6 Å². The van der Waals surface area contributed by atoms with Crippen LogP contribution in [0.2, 0.25) is 0 Å². The fourth-order valence-electron chi connectivity index (χ4n) is 1.10. The lowest BCUT2D eigenvalue weighted by Crippen LogP contribution is -2.36. The van der Waals surface area contributed by atoms with Crippen LogP contribution in [0, 0.1) is 0 Å². The third-order valence-electron chi connectivity index (χ3n) is 1.96. The van der Waals surface area contributed by atoms with E-state index in [1.54, 1.807) is 11.8 Å². The van der Waals surface area contributed by atoms with Crippen LogP contribution < -0.4 is 10.6 Å². The lowest BCUT2D eigenvalue weighted by Gasteiger charge is -2.03. The van der Waals surface area contributed by atoms with Crippen molar-refractivity contribution in [2.75, 3.05) is 18.8 Å². The molecule has 0 aromatic carbocycles. The third kappa shape index (κ3) is 3.00. The van der Waals surface area contributed by atoms with Gasteiger partial charge in [-0.1, -0.05) is 11.8 Å². The SMILES string of the molecule is O=C(CNC1CC1)NC1=NCCS1. The Balaban J connectivity index is 1.64. The Bertz CT molecular complexity index is 238. The van der Waals surface area contributed by atoms with E-state index in [9.17, 15) is 4.79 Å². The zero-order valence-electron chi connectivity index (χ0n) is 7.38. The van der Waals surface area contributed by atoms with Gasteiger partial charge in [0, 0.05) is 11.8 Å². The Hall–Kier alpha value is -0.550. The number of thioether (sulfide) groups is 1. The summed E-state index contributed by atoms with van der Waals surface area (Å²) in [5.41, 5.74) is 0. The minimum Gasteiger partial charge on any atom is -0.306 e. The maximum Gasteiger partial charge on any atom is 0.239 e. The van der Waals surface area contributed by atoms with E-state index in [2.05, 4.69) is 15.6 Å². The highest BCUT2D eigenvalue weighted by Gasteiger charge is 2.21. The first kappa shape index (κ1) is 9.02. The molecule has 2 rings (SSSR count). The number of amides is 1. The summed E-state index contributed by atoms with van der Waals surface area (Å²) in [7, 11) is 0. The van der Waals surface area contributed by atoms with Crippen LogP contribution in [0.15, 0.2) is 4.99 Å². The number of rotatable bonds is 3. The molecule has 0 bridgehead atoms. The number of aliphatic imine (C=N–C) groups is 1. The van der Waals surface area contributed by atoms with Crippen LogP contribution in [-0.4, -0.2) is 36.0 Å². The number of nitrogens with zero attached hydrogens (tertiary/aromatic N) is 1. The molecule has 0 unspecified atom stereocenters. The summed E-state index contributed by atoms with van der Waals surface area (Å²) in [5.74, 6) is 1.02. The van der Waals surface area contributed by atoms with E-state index < -0.39 is 0 Å². The van der Waals surface area contributed by atoms with E-state index in [1.165, 1.54) is 12.8 Å². The third-order valence-corrected chi connectivity index (χ3v) is 2.85. The summed E-state index contributed by atoms with van der Waals surface area (Å²) in [6, 6.07) is 0.587. The van der Waals surface area contributed by atoms with Gasteiger partial charge in [0.15, 0.2) is 5.17 Å². The van der Waals surface area contributed by atoms with E-state index in [0.29, 0.717) is 12.6 Å². The molecule has 72 valence electrons. The van der Waals surface area contributed by atoms with Gasteiger partial charge in [0.1, 0.15) is 0 Å². The Morgan fingerprint density at radius 1 is 1.62 bits per heavy atom. The smallest absolute Gasteiger partial charge is 0.239 e. The molecule has 0 aromatic rings. The lowest BCUT2D eigenvalue weighted by atomic mass is 10.5. The van der Waals surface area contributed by atoms with Gasteiger partial charge >= 0.3 is 0 Å². The van der Waals surface area contributed by atoms with Crippen LogP contribution >= 0.6 is 11.8 Å². The Morgan fingerprint density at radius 3 is 3.08 bits per heavy atom. The van der Waals surface area contributed by atoms with E-state index >= 15 is 0 Å². The molecule has 2 aliphatic rings. The molecule has 1 fully saturated rings. The molecular weight excluding hydrogens is 186 g/mol. The molecule has 2 N–H and O–H groups in total. The Labute approximate surface area is 81.6 Å². The first-order valence-electron chi connectivity index (χ1n) is 4.55. The van der Waals surface area contributed by atoms with Gasteiger partial charge in [-0.2, -0.15) is 0 Å². The quantitative estimate of drug-likeness (QED) is 0.670. The predicted octanol–water partition coefficient (Wildman–Crippen LogP) is -0.0426. The second-order valence-electron chi connectivity index (χ2n) is 3.24. The Kier molecular flexibility index (Phi) is 2.85. The highest BCUT2D eigenvalue weighted by Crippen LogP contribution is 2.17. The van der Waals surface area contributed by atoms with Gasteiger partial charge in [0.25, 0.3) is 0 Å². The predicted molar refractivity (Wildman–Crippen MR) is 53.9 cm³/mol. The molecule has 0 saturated heterocycles.